The Morgan fingerprint density at radius 1 is 0.897 bits per heavy atom. The third kappa shape index (κ3) is 3.96. The van der Waals surface area contributed by atoms with Crippen molar-refractivity contribution in [2.75, 3.05) is 38.1 Å². The van der Waals surface area contributed by atoms with E-state index in [-0.39, 0.29) is 10.6 Å². The average molecular weight is 414 g/mol. The Kier molecular flexibility index (Phi) is 5.50. The van der Waals surface area contributed by atoms with E-state index in [1.807, 2.05) is 12.1 Å². The predicted octanol–water partition coefficient (Wildman–Crippen LogP) is 3.10. The van der Waals surface area contributed by atoms with E-state index in [0.717, 1.165) is 43.2 Å². The fourth-order valence-corrected chi connectivity index (χ4v) is 3.89. The topological polar surface area (TPSA) is 43.9 Å². The molecule has 1 saturated heterocycles. The van der Waals surface area contributed by atoms with Gasteiger partial charge < -0.3 is 4.90 Å². The van der Waals surface area contributed by atoms with Gasteiger partial charge in [0.25, 0.3) is 11.8 Å². The summed E-state index contributed by atoms with van der Waals surface area (Å²) in [5.41, 5.74) is 2.11. The van der Waals surface area contributed by atoms with Crippen LogP contribution in [0.25, 0.3) is 5.57 Å². The van der Waals surface area contributed by atoms with E-state index in [0.29, 0.717) is 11.3 Å². The molecule has 0 N–H and O–H groups in total. The quantitative estimate of drug-likeness (QED) is 0.722. The van der Waals surface area contributed by atoms with Crippen molar-refractivity contribution in [2.24, 2.45) is 0 Å². The van der Waals surface area contributed by atoms with Gasteiger partial charge in [-0.3, -0.25) is 14.5 Å². The highest BCUT2D eigenvalue weighted by Gasteiger charge is 2.39. The molecular formula is C22H21ClFN3O2. The average Bonchev–Trinajstić information content (AvgIpc) is 2.94. The normalized spacial score (nSPS) is 18.8. The van der Waals surface area contributed by atoms with E-state index in [1.165, 1.54) is 24.3 Å². The summed E-state index contributed by atoms with van der Waals surface area (Å²) in [4.78, 5) is 31.3. The molecule has 2 aliphatic rings. The summed E-state index contributed by atoms with van der Waals surface area (Å²) in [6, 6.07) is 12.7. The van der Waals surface area contributed by atoms with Crippen molar-refractivity contribution in [3.8, 4) is 0 Å². The number of rotatable bonds is 4. The monoisotopic (exact) mass is 413 g/mol. The zero-order chi connectivity index (χ0) is 20.5. The van der Waals surface area contributed by atoms with E-state index in [1.54, 1.807) is 12.1 Å². The molecule has 0 unspecified atom stereocenters. The number of halogens is 2. The number of carbonyl (C=O) groups is 2. The first-order valence-electron chi connectivity index (χ1n) is 9.48. The number of amides is 2. The molecule has 2 aliphatic heterocycles. The van der Waals surface area contributed by atoms with Crippen molar-refractivity contribution in [1.29, 1.82) is 0 Å². The largest absolute Gasteiger partial charge is 0.304 e. The van der Waals surface area contributed by atoms with Crippen molar-refractivity contribution in [2.45, 2.75) is 6.54 Å². The van der Waals surface area contributed by atoms with Gasteiger partial charge in [-0.2, -0.15) is 0 Å². The van der Waals surface area contributed by atoms with Crippen molar-refractivity contribution >= 4 is 34.7 Å². The molecule has 0 radical (unpaired) electrons. The summed E-state index contributed by atoms with van der Waals surface area (Å²) in [6.07, 6.45) is 0. The van der Waals surface area contributed by atoms with Gasteiger partial charge >= 0.3 is 0 Å². The molecule has 0 bridgehead atoms. The fraction of sp³-hybridized carbons (Fsp3) is 0.273. The lowest BCUT2D eigenvalue weighted by molar-refractivity contribution is -0.119. The molecule has 0 aliphatic carbocycles. The zero-order valence-electron chi connectivity index (χ0n) is 16.1. The lowest BCUT2D eigenvalue weighted by Gasteiger charge is -2.32. The molecule has 2 amide bonds. The summed E-state index contributed by atoms with van der Waals surface area (Å²) in [7, 11) is 2.12. The number of anilines is 1. The highest BCUT2D eigenvalue weighted by molar-refractivity contribution is 6.60. The molecular weight excluding hydrogens is 393 g/mol. The maximum atomic E-state index is 13.2. The second kappa shape index (κ2) is 8.06. The molecule has 0 atom stereocenters. The number of hydrogen-bond acceptors (Lipinski definition) is 4. The number of likely N-dealkylation sites (N-methyl/N-ethyl adjacent to an activating group) is 1. The van der Waals surface area contributed by atoms with Gasteiger partial charge in [0, 0.05) is 32.7 Å². The van der Waals surface area contributed by atoms with Crippen molar-refractivity contribution in [1.82, 2.24) is 9.80 Å². The predicted molar refractivity (Wildman–Crippen MR) is 111 cm³/mol. The smallest absolute Gasteiger partial charge is 0.277 e. The zero-order valence-corrected chi connectivity index (χ0v) is 16.8. The van der Waals surface area contributed by atoms with Crippen LogP contribution in [-0.4, -0.2) is 54.8 Å². The molecule has 0 spiro atoms. The van der Waals surface area contributed by atoms with Gasteiger partial charge in [-0.15, -0.1) is 0 Å². The lowest BCUT2D eigenvalue weighted by Crippen LogP contribution is -2.43. The van der Waals surface area contributed by atoms with E-state index in [9.17, 15) is 14.0 Å². The summed E-state index contributed by atoms with van der Waals surface area (Å²) in [5.74, 6) is -1.49. The molecule has 7 heteroatoms. The van der Waals surface area contributed by atoms with Crippen LogP contribution in [0, 0.1) is 5.82 Å². The first-order chi connectivity index (χ1) is 13.9. The molecule has 4 rings (SSSR count). The molecule has 29 heavy (non-hydrogen) atoms. The second-order valence-electron chi connectivity index (χ2n) is 7.39. The first kappa shape index (κ1) is 19.8. The van der Waals surface area contributed by atoms with Crippen LogP contribution >= 0.6 is 11.6 Å². The Hall–Kier alpha value is -2.54. The van der Waals surface area contributed by atoms with Crippen LogP contribution in [0.15, 0.2) is 53.6 Å². The number of carbonyl (C=O) groups excluding carboxylic acids is 2. The molecule has 0 aromatic heterocycles. The highest BCUT2D eigenvalue weighted by atomic mass is 35.5. The second-order valence-corrected chi connectivity index (χ2v) is 7.77. The maximum absolute atomic E-state index is 13.2. The third-order valence-electron chi connectivity index (χ3n) is 5.36. The Bertz CT molecular complexity index is 965. The maximum Gasteiger partial charge on any atom is 0.277 e. The molecule has 2 aromatic rings. The van der Waals surface area contributed by atoms with Crippen LogP contribution in [0.4, 0.5) is 10.1 Å². The Morgan fingerprint density at radius 2 is 1.52 bits per heavy atom. The standard InChI is InChI=1S/C22H21ClFN3O2/c1-25-10-12-26(13-11-25)14-15-2-8-18(9-3-15)27-21(28)19(20(23)22(27)29)16-4-6-17(24)7-5-16/h2-9H,10-14H2,1H3. The van der Waals surface area contributed by atoms with Crippen molar-refractivity contribution in [3.63, 3.8) is 0 Å². The summed E-state index contributed by atoms with van der Waals surface area (Å²) in [6.45, 7) is 4.95. The van der Waals surface area contributed by atoms with Crippen LogP contribution in [0.1, 0.15) is 11.1 Å². The van der Waals surface area contributed by atoms with E-state index in [2.05, 4.69) is 16.8 Å². The number of piperazine rings is 1. The van der Waals surface area contributed by atoms with E-state index in [4.69, 9.17) is 11.6 Å². The minimum absolute atomic E-state index is 0.0955. The SMILES string of the molecule is CN1CCN(Cc2ccc(N3C(=O)C(Cl)=C(c4ccc(F)cc4)C3=O)cc2)CC1. The van der Waals surface area contributed by atoms with E-state index >= 15 is 0 Å². The Labute approximate surface area is 174 Å². The Balaban J connectivity index is 1.51. The number of benzene rings is 2. The van der Waals surface area contributed by atoms with Crippen molar-refractivity contribution in [3.05, 3.63) is 70.5 Å². The van der Waals surface area contributed by atoms with Gasteiger partial charge in [0.15, 0.2) is 0 Å². The molecule has 2 heterocycles. The summed E-state index contributed by atoms with van der Waals surface area (Å²) in [5, 5.41) is -0.150. The van der Waals surface area contributed by atoms with Crippen LogP contribution in [0.3, 0.4) is 0 Å². The third-order valence-corrected chi connectivity index (χ3v) is 5.71. The Morgan fingerprint density at radius 3 is 2.14 bits per heavy atom. The van der Waals surface area contributed by atoms with Gasteiger partial charge in [-0.1, -0.05) is 35.9 Å². The number of hydrogen-bond donors (Lipinski definition) is 0. The van der Waals surface area contributed by atoms with Gasteiger partial charge in [-0.05, 0) is 42.4 Å². The molecule has 150 valence electrons. The first-order valence-corrected chi connectivity index (χ1v) is 9.86. The van der Waals surface area contributed by atoms with Crippen LogP contribution in [0.2, 0.25) is 0 Å². The fourth-order valence-electron chi connectivity index (χ4n) is 3.62. The molecule has 1 fully saturated rings. The number of imide groups is 1. The summed E-state index contributed by atoms with van der Waals surface area (Å²) >= 11 is 6.18. The lowest BCUT2D eigenvalue weighted by atomic mass is 10.1. The van der Waals surface area contributed by atoms with Crippen LogP contribution in [-0.2, 0) is 16.1 Å². The minimum Gasteiger partial charge on any atom is -0.304 e. The minimum atomic E-state index is -0.567. The van der Waals surface area contributed by atoms with Crippen molar-refractivity contribution < 1.29 is 14.0 Å². The summed E-state index contributed by atoms with van der Waals surface area (Å²) < 4.78 is 13.2. The van der Waals surface area contributed by atoms with Gasteiger partial charge in [0.2, 0.25) is 0 Å². The van der Waals surface area contributed by atoms with Gasteiger partial charge in [0.1, 0.15) is 10.8 Å². The van der Waals surface area contributed by atoms with Gasteiger partial charge in [0.05, 0.1) is 11.3 Å². The van der Waals surface area contributed by atoms with E-state index < -0.39 is 17.6 Å². The van der Waals surface area contributed by atoms with Crippen LogP contribution < -0.4 is 4.90 Å². The van der Waals surface area contributed by atoms with Crippen LogP contribution in [0.5, 0.6) is 0 Å². The highest BCUT2D eigenvalue weighted by Crippen LogP contribution is 2.35. The van der Waals surface area contributed by atoms with Gasteiger partial charge in [-0.25, -0.2) is 9.29 Å². The number of nitrogens with zero attached hydrogens (tertiary/aromatic N) is 3. The molecule has 2 aromatic carbocycles. The molecule has 5 nitrogen and oxygen atoms in total. The molecule has 0 saturated carbocycles.